The quantitative estimate of drug-likeness (QED) is 0.695. The minimum atomic E-state index is 0.679. The highest BCUT2D eigenvalue weighted by molar-refractivity contribution is 5.63. The molecule has 0 N–H and O–H groups in total. The number of fused-ring (bicyclic) bond motifs is 1. The van der Waals surface area contributed by atoms with E-state index in [1.54, 1.807) is 17.8 Å². The Morgan fingerprint density at radius 1 is 1.39 bits per heavy atom. The lowest BCUT2D eigenvalue weighted by molar-refractivity contribution is 0.416. The van der Waals surface area contributed by atoms with Crippen LogP contribution in [0.5, 0.6) is 5.75 Å². The first-order valence-corrected chi connectivity index (χ1v) is 5.64. The highest BCUT2D eigenvalue weighted by Crippen LogP contribution is 2.23. The fourth-order valence-corrected chi connectivity index (χ4v) is 2.01. The molecule has 3 heterocycles. The van der Waals surface area contributed by atoms with Crippen LogP contribution < -0.4 is 4.74 Å². The van der Waals surface area contributed by atoms with E-state index in [1.165, 1.54) is 0 Å². The van der Waals surface area contributed by atoms with Crippen LogP contribution in [0.25, 0.3) is 5.52 Å². The van der Waals surface area contributed by atoms with Crippen molar-refractivity contribution in [2.75, 3.05) is 7.11 Å². The van der Waals surface area contributed by atoms with Crippen LogP contribution in [0.3, 0.4) is 0 Å². The number of nitrogens with zero attached hydrogens (tertiary/aromatic N) is 5. The van der Waals surface area contributed by atoms with Gasteiger partial charge in [0.15, 0.2) is 0 Å². The van der Waals surface area contributed by atoms with Crippen molar-refractivity contribution in [1.29, 1.82) is 0 Å². The molecule has 0 aromatic carbocycles. The lowest BCUT2D eigenvalue weighted by Gasteiger charge is -2.07. The van der Waals surface area contributed by atoms with E-state index < -0.39 is 0 Å². The molecule has 3 aromatic heterocycles. The summed E-state index contributed by atoms with van der Waals surface area (Å²) in [5, 5.41) is 12.3. The summed E-state index contributed by atoms with van der Waals surface area (Å²) in [5.41, 5.74) is 2.83. The van der Waals surface area contributed by atoms with Crippen LogP contribution in [-0.4, -0.2) is 31.7 Å². The van der Waals surface area contributed by atoms with Crippen molar-refractivity contribution in [1.82, 2.24) is 24.6 Å². The van der Waals surface area contributed by atoms with Gasteiger partial charge in [0.05, 0.1) is 19.3 Å². The van der Waals surface area contributed by atoms with Crippen molar-refractivity contribution >= 4 is 5.52 Å². The largest absolute Gasteiger partial charge is 0.494 e. The van der Waals surface area contributed by atoms with Gasteiger partial charge in [-0.1, -0.05) is 5.21 Å². The Labute approximate surface area is 104 Å². The number of pyridine rings is 1. The molecule has 6 nitrogen and oxygen atoms in total. The fraction of sp³-hybridized carbons (Fsp3) is 0.250. The Hall–Kier alpha value is -2.37. The van der Waals surface area contributed by atoms with Crippen molar-refractivity contribution in [3.05, 3.63) is 42.0 Å². The van der Waals surface area contributed by atoms with E-state index >= 15 is 0 Å². The van der Waals surface area contributed by atoms with Gasteiger partial charge in [-0.3, -0.25) is 4.68 Å². The Morgan fingerprint density at radius 3 is 3.00 bits per heavy atom. The molecule has 0 saturated heterocycles. The molecule has 18 heavy (non-hydrogen) atoms. The van der Waals surface area contributed by atoms with E-state index in [0.717, 1.165) is 22.5 Å². The van der Waals surface area contributed by atoms with Gasteiger partial charge in [0.2, 0.25) is 0 Å². The molecule has 0 bridgehead atoms. The minimum absolute atomic E-state index is 0.679. The van der Waals surface area contributed by atoms with E-state index in [9.17, 15) is 0 Å². The zero-order valence-electron chi connectivity index (χ0n) is 10.2. The molecule has 0 atom stereocenters. The monoisotopic (exact) mass is 243 g/mol. The van der Waals surface area contributed by atoms with Crippen molar-refractivity contribution in [3.63, 3.8) is 0 Å². The number of hydrogen-bond acceptors (Lipinski definition) is 4. The van der Waals surface area contributed by atoms with Gasteiger partial charge < -0.3 is 4.74 Å². The van der Waals surface area contributed by atoms with Crippen LogP contribution in [0.15, 0.2) is 30.7 Å². The summed E-state index contributed by atoms with van der Waals surface area (Å²) in [7, 11) is 1.65. The lowest BCUT2D eigenvalue weighted by atomic mass is 10.2. The molecule has 3 aromatic rings. The first-order chi connectivity index (χ1) is 8.78. The van der Waals surface area contributed by atoms with E-state index in [1.807, 2.05) is 36.1 Å². The maximum atomic E-state index is 5.40. The predicted octanol–water partition coefficient (Wildman–Crippen LogP) is 1.29. The zero-order chi connectivity index (χ0) is 12.5. The van der Waals surface area contributed by atoms with Gasteiger partial charge in [0.25, 0.3) is 0 Å². The van der Waals surface area contributed by atoms with E-state index in [-0.39, 0.29) is 0 Å². The van der Waals surface area contributed by atoms with Crippen LogP contribution >= 0.6 is 0 Å². The van der Waals surface area contributed by atoms with Crippen LogP contribution in [0, 0.1) is 6.92 Å². The van der Waals surface area contributed by atoms with Crippen molar-refractivity contribution < 1.29 is 4.74 Å². The number of aromatic nitrogens is 5. The summed E-state index contributed by atoms with van der Waals surface area (Å²) in [6, 6.07) is 3.89. The third-order valence-corrected chi connectivity index (χ3v) is 2.82. The van der Waals surface area contributed by atoms with Gasteiger partial charge >= 0.3 is 0 Å². The third kappa shape index (κ3) is 1.71. The average molecular weight is 243 g/mol. The summed E-state index contributed by atoms with van der Waals surface area (Å²) in [6.07, 6.45) is 5.62. The predicted molar refractivity (Wildman–Crippen MR) is 65.6 cm³/mol. The van der Waals surface area contributed by atoms with Crippen LogP contribution in [0.4, 0.5) is 0 Å². The van der Waals surface area contributed by atoms with Crippen molar-refractivity contribution in [2.24, 2.45) is 0 Å². The van der Waals surface area contributed by atoms with Gasteiger partial charge in [-0.15, -0.1) is 5.10 Å². The second-order valence-electron chi connectivity index (χ2n) is 4.09. The van der Waals surface area contributed by atoms with E-state index in [4.69, 9.17) is 4.74 Å². The van der Waals surface area contributed by atoms with E-state index in [2.05, 4.69) is 15.4 Å². The first kappa shape index (κ1) is 10.8. The molecule has 0 fully saturated rings. The Kier molecular flexibility index (Phi) is 2.47. The second kappa shape index (κ2) is 4.14. The van der Waals surface area contributed by atoms with Crippen molar-refractivity contribution in [2.45, 2.75) is 13.5 Å². The van der Waals surface area contributed by atoms with E-state index in [0.29, 0.717) is 6.54 Å². The van der Waals surface area contributed by atoms with Crippen LogP contribution in [0.2, 0.25) is 0 Å². The van der Waals surface area contributed by atoms with Gasteiger partial charge in [-0.25, -0.2) is 4.52 Å². The molecule has 6 heteroatoms. The maximum absolute atomic E-state index is 5.40. The number of ether oxygens (including phenoxy) is 1. The highest BCUT2D eigenvalue weighted by Gasteiger charge is 2.10. The van der Waals surface area contributed by atoms with Gasteiger partial charge in [-0.2, -0.15) is 5.10 Å². The molecule has 92 valence electrons. The molecule has 0 amide bonds. The zero-order valence-corrected chi connectivity index (χ0v) is 10.2. The smallest absolute Gasteiger partial charge is 0.146 e. The molecule has 0 spiro atoms. The number of aryl methyl sites for hydroxylation is 1. The second-order valence-corrected chi connectivity index (χ2v) is 4.09. The standard InChI is InChI=1S/C12H13N5O/c1-9-12-11(18-2)6-10(8-17(12)15-14-9)7-16-5-3-4-13-16/h3-6,8H,7H2,1-2H3. The van der Waals surface area contributed by atoms with Crippen LogP contribution in [-0.2, 0) is 6.54 Å². The average Bonchev–Trinajstić information content (AvgIpc) is 2.99. The van der Waals surface area contributed by atoms with Gasteiger partial charge in [-0.05, 0) is 24.6 Å². The molecular formula is C12H13N5O. The van der Waals surface area contributed by atoms with Gasteiger partial charge in [0.1, 0.15) is 11.3 Å². The molecule has 0 saturated carbocycles. The molecule has 0 radical (unpaired) electrons. The molecule has 0 unspecified atom stereocenters. The SMILES string of the molecule is COc1cc(Cn2cccn2)cn2nnc(C)c12. The molecule has 3 rings (SSSR count). The summed E-state index contributed by atoms with van der Waals surface area (Å²) in [6.45, 7) is 2.59. The number of hydrogen-bond donors (Lipinski definition) is 0. The highest BCUT2D eigenvalue weighted by atomic mass is 16.5. The molecular weight excluding hydrogens is 230 g/mol. The first-order valence-electron chi connectivity index (χ1n) is 5.64. The summed E-state index contributed by atoms with van der Waals surface area (Å²) in [5.74, 6) is 0.780. The summed E-state index contributed by atoms with van der Waals surface area (Å²) >= 11 is 0. The van der Waals surface area contributed by atoms with Crippen LogP contribution in [0.1, 0.15) is 11.3 Å². The number of methoxy groups -OCH3 is 1. The van der Waals surface area contributed by atoms with Gasteiger partial charge in [0, 0.05) is 18.6 Å². The van der Waals surface area contributed by atoms with Crippen molar-refractivity contribution in [3.8, 4) is 5.75 Å². The third-order valence-electron chi connectivity index (χ3n) is 2.82. The molecule has 0 aliphatic heterocycles. The summed E-state index contributed by atoms with van der Waals surface area (Å²) < 4.78 is 8.99. The number of rotatable bonds is 3. The Morgan fingerprint density at radius 2 is 2.28 bits per heavy atom. The molecule has 0 aliphatic rings. The lowest BCUT2D eigenvalue weighted by Crippen LogP contribution is -2.03. The normalized spacial score (nSPS) is 11.0. The topological polar surface area (TPSA) is 57.2 Å². The Bertz CT molecular complexity index is 671. The minimum Gasteiger partial charge on any atom is -0.494 e. The Balaban J connectivity index is 2.08. The molecule has 0 aliphatic carbocycles. The summed E-state index contributed by atoms with van der Waals surface area (Å²) in [4.78, 5) is 0. The maximum Gasteiger partial charge on any atom is 0.146 e. The fourth-order valence-electron chi connectivity index (χ4n) is 2.01.